The highest BCUT2D eigenvalue weighted by Gasteiger charge is 2.41. The Kier molecular flexibility index (Phi) is 2.25. The topological polar surface area (TPSA) is 46.3 Å². The monoisotopic (exact) mass is 190 g/mol. The Bertz CT molecular complexity index is 336. The third-order valence-electron chi connectivity index (χ3n) is 2.63. The first-order valence-electron chi connectivity index (χ1n) is 4.78. The molecule has 0 saturated heterocycles. The first kappa shape index (κ1) is 9.21. The fraction of sp³-hybridized carbons (Fsp3) is 0.364. The number of benzene rings is 1. The van der Waals surface area contributed by atoms with Crippen molar-refractivity contribution < 1.29 is 4.79 Å². The molecule has 1 aliphatic rings. The molecule has 1 saturated carbocycles. The fourth-order valence-electron chi connectivity index (χ4n) is 1.53. The smallest absolute Gasteiger partial charge is 0.231 e. The maximum Gasteiger partial charge on any atom is 0.231 e. The number of nitrogens with zero attached hydrogens (tertiary/aromatic N) is 1. The molecule has 1 amide bonds. The lowest BCUT2D eigenvalue weighted by Gasteiger charge is -2.16. The second-order valence-corrected chi connectivity index (χ2v) is 3.74. The molecule has 2 N–H and O–H groups in total. The Morgan fingerprint density at radius 2 is 2.00 bits per heavy atom. The van der Waals surface area contributed by atoms with Gasteiger partial charge in [-0.15, -0.1) is 0 Å². The SMILES string of the molecule is CN(C(=O)C1CC1N)c1ccccc1. The summed E-state index contributed by atoms with van der Waals surface area (Å²) in [5.74, 6) is 0.170. The minimum atomic E-state index is 0.0419. The Hall–Kier alpha value is -1.35. The van der Waals surface area contributed by atoms with Gasteiger partial charge in [0.2, 0.25) is 5.91 Å². The van der Waals surface area contributed by atoms with E-state index in [1.807, 2.05) is 30.3 Å². The van der Waals surface area contributed by atoms with Crippen LogP contribution in [0.3, 0.4) is 0 Å². The van der Waals surface area contributed by atoms with Crippen LogP contribution in [0.5, 0.6) is 0 Å². The summed E-state index contributed by atoms with van der Waals surface area (Å²) in [6.45, 7) is 0. The molecule has 0 radical (unpaired) electrons. The molecule has 0 spiro atoms. The van der Waals surface area contributed by atoms with E-state index in [-0.39, 0.29) is 17.9 Å². The summed E-state index contributed by atoms with van der Waals surface area (Å²) >= 11 is 0. The number of amides is 1. The molecule has 2 atom stereocenters. The summed E-state index contributed by atoms with van der Waals surface area (Å²) < 4.78 is 0. The van der Waals surface area contributed by atoms with E-state index in [9.17, 15) is 4.79 Å². The lowest BCUT2D eigenvalue weighted by Crippen LogP contribution is -2.29. The van der Waals surface area contributed by atoms with E-state index in [4.69, 9.17) is 5.73 Å². The molecule has 3 nitrogen and oxygen atoms in total. The van der Waals surface area contributed by atoms with Crippen molar-refractivity contribution in [3.05, 3.63) is 30.3 Å². The number of para-hydroxylation sites is 1. The van der Waals surface area contributed by atoms with Crippen LogP contribution in [0, 0.1) is 5.92 Å². The average molecular weight is 190 g/mol. The molecule has 14 heavy (non-hydrogen) atoms. The number of hydrogen-bond donors (Lipinski definition) is 1. The van der Waals surface area contributed by atoms with Gasteiger partial charge in [0.05, 0.1) is 5.92 Å². The van der Waals surface area contributed by atoms with Crippen molar-refractivity contribution in [3.8, 4) is 0 Å². The van der Waals surface area contributed by atoms with E-state index in [0.717, 1.165) is 12.1 Å². The number of carbonyl (C=O) groups excluding carboxylic acids is 1. The van der Waals surface area contributed by atoms with Gasteiger partial charge in [0.25, 0.3) is 0 Å². The zero-order chi connectivity index (χ0) is 10.1. The number of rotatable bonds is 2. The van der Waals surface area contributed by atoms with Gasteiger partial charge in [-0.2, -0.15) is 0 Å². The van der Waals surface area contributed by atoms with E-state index >= 15 is 0 Å². The van der Waals surface area contributed by atoms with Crippen molar-refractivity contribution >= 4 is 11.6 Å². The van der Waals surface area contributed by atoms with Crippen LogP contribution in [0.25, 0.3) is 0 Å². The lowest BCUT2D eigenvalue weighted by molar-refractivity contribution is -0.119. The van der Waals surface area contributed by atoms with Crippen LogP contribution >= 0.6 is 0 Å². The van der Waals surface area contributed by atoms with Crippen molar-refractivity contribution in [2.45, 2.75) is 12.5 Å². The third kappa shape index (κ3) is 1.63. The molecule has 0 bridgehead atoms. The molecule has 0 aliphatic heterocycles. The van der Waals surface area contributed by atoms with Gasteiger partial charge in [0.15, 0.2) is 0 Å². The summed E-state index contributed by atoms with van der Waals surface area (Å²) in [7, 11) is 1.79. The van der Waals surface area contributed by atoms with Crippen LogP contribution < -0.4 is 10.6 Å². The molecule has 1 aliphatic carbocycles. The molecule has 2 unspecified atom stereocenters. The molecule has 1 fully saturated rings. The second kappa shape index (κ2) is 3.42. The Labute approximate surface area is 83.5 Å². The summed E-state index contributed by atoms with van der Waals surface area (Å²) in [4.78, 5) is 13.4. The average Bonchev–Trinajstić information content (AvgIpc) is 2.95. The van der Waals surface area contributed by atoms with Crippen molar-refractivity contribution in [2.24, 2.45) is 11.7 Å². The first-order chi connectivity index (χ1) is 6.70. The van der Waals surface area contributed by atoms with Gasteiger partial charge in [0, 0.05) is 18.8 Å². The molecular formula is C11H14N2O. The standard InChI is InChI=1S/C11H14N2O/c1-13(8-5-3-2-4-6-8)11(14)9-7-10(9)12/h2-6,9-10H,7,12H2,1H3. The van der Waals surface area contributed by atoms with Gasteiger partial charge in [-0.05, 0) is 18.6 Å². The molecule has 2 rings (SSSR count). The normalized spacial score (nSPS) is 24.4. The highest BCUT2D eigenvalue weighted by molar-refractivity contribution is 5.96. The molecule has 74 valence electrons. The van der Waals surface area contributed by atoms with Crippen LogP contribution in [0.1, 0.15) is 6.42 Å². The van der Waals surface area contributed by atoms with Crippen molar-refractivity contribution in [2.75, 3.05) is 11.9 Å². The van der Waals surface area contributed by atoms with E-state index in [0.29, 0.717) is 0 Å². The largest absolute Gasteiger partial charge is 0.327 e. The van der Waals surface area contributed by atoms with E-state index in [1.54, 1.807) is 11.9 Å². The maximum absolute atomic E-state index is 11.8. The van der Waals surface area contributed by atoms with Gasteiger partial charge >= 0.3 is 0 Å². The Balaban J connectivity index is 2.09. The zero-order valence-electron chi connectivity index (χ0n) is 8.18. The second-order valence-electron chi connectivity index (χ2n) is 3.74. The highest BCUT2D eigenvalue weighted by atomic mass is 16.2. The predicted octanol–water partition coefficient (Wildman–Crippen LogP) is 0.997. The number of nitrogens with two attached hydrogens (primary N) is 1. The van der Waals surface area contributed by atoms with Gasteiger partial charge in [-0.1, -0.05) is 18.2 Å². The van der Waals surface area contributed by atoms with Gasteiger partial charge in [0.1, 0.15) is 0 Å². The Morgan fingerprint density at radius 1 is 1.43 bits per heavy atom. The van der Waals surface area contributed by atoms with Gasteiger partial charge in [-0.25, -0.2) is 0 Å². The van der Waals surface area contributed by atoms with Crippen molar-refractivity contribution in [1.29, 1.82) is 0 Å². The van der Waals surface area contributed by atoms with Crippen LogP contribution in [0.15, 0.2) is 30.3 Å². The highest BCUT2D eigenvalue weighted by Crippen LogP contribution is 2.30. The summed E-state index contributed by atoms with van der Waals surface area (Å²) in [5, 5.41) is 0. The lowest BCUT2D eigenvalue weighted by atomic mass is 10.2. The van der Waals surface area contributed by atoms with E-state index < -0.39 is 0 Å². The summed E-state index contributed by atoms with van der Waals surface area (Å²) in [6, 6.07) is 9.70. The minimum absolute atomic E-state index is 0.0419. The summed E-state index contributed by atoms with van der Waals surface area (Å²) in [6.07, 6.45) is 0.829. The predicted molar refractivity (Wildman–Crippen MR) is 55.9 cm³/mol. The van der Waals surface area contributed by atoms with Crippen molar-refractivity contribution in [3.63, 3.8) is 0 Å². The third-order valence-corrected chi connectivity index (χ3v) is 2.63. The van der Waals surface area contributed by atoms with E-state index in [2.05, 4.69) is 0 Å². The molecule has 1 aromatic carbocycles. The number of carbonyl (C=O) groups is 1. The molecular weight excluding hydrogens is 176 g/mol. The van der Waals surface area contributed by atoms with Crippen LogP contribution in [-0.2, 0) is 4.79 Å². The molecule has 3 heteroatoms. The quantitative estimate of drug-likeness (QED) is 0.756. The van der Waals surface area contributed by atoms with Gasteiger partial charge in [-0.3, -0.25) is 4.79 Å². The molecule has 0 heterocycles. The molecule has 1 aromatic rings. The minimum Gasteiger partial charge on any atom is -0.327 e. The van der Waals surface area contributed by atoms with E-state index in [1.165, 1.54) is 0 Å². The maximum atomic E-state index is 11.8. The number of anilines is 1. The van der Waals surface area contributed by atoms with Crippen LogP contribution in [0.2, 0.25) is 0 Å². The van der Waals surface area contributed by atoms with Crippen LogP contribution in [-0.4, -0.2) is 19.0 Å². The van der Waals surface area contributed by atoms with Crippen molar-refractivity contribution in [1.82, 2.24) is 0 Å². The van der Waals surface area contributed by atoms with Gasteiger partial charge < -0.3 is 10.6 Å². The fourth-order valence-corrected chi connectivity index (χ4v) is 1.53. The number of hydrogen-bond acceptors (Lipinski definition) is 2. The first-order valence-corrected chi connectivity index (χ1v) is 4.78. The van der Waals surface area contributed by atoms with Crippen LogP contribution in [0.4, 0.5) is 5.69 Å². The molecule has 0 aromatic heterocycles. The zero-order valence-corrected chi connectivity index (χ0v) is 8.18. The summed E-state index contributed by atoms with van der Waals surface area (Å²) in [5.41, 5.74) is 6.56. The Morgan fingerprint density at radius 3 is 2.50 bits per heavy atom.